The van der Waals surface area contributed by atoms with Gasteiger partial charge in [-0.15, -0.1) is 0 Å². The number of hydrogen-bond acceptors (Lipinski definition) is 2. The van der Waals surface area contributed by atoms with Crippen LogP contribution in [0.15, 0.2) is 84.9 Å². The molecule has 3 aromatic carbocycles. The van der Waals surface area contributed by atoms with Gasteiger partial charge in [0.2, 0.25) is 11.8 Å². The predicted molar refractivity (Wildman–Crippen MR) is 138 cm³/mol. The minimum absolute atomic E-state index is 0.0160. The summed E-state index contributed by atoms with van der Waals surface area (Å²) in [5, 5.41) is 3.00. The van der Waals surface area contributed by atoms with E-state index in [2.05, 4.69) is 35.6 Å². The zero-order valence-electron chi connectivity index (χ0n) is 20.5. The number of amides is 2. The van der Waals surface area contributed by atoms with Crippen molar-refractivity contribution >= 4 is 11.8 Å². The molecule has 178 valence electrons. The highest BCUT2D eigenvalue weighted by molar-refractivity contribution is 5.88. The number of aryl methyl sites for hydroxylation is 1. The van der Waals surface area contributed by atoms with Gasteiger partial charge in [-0.2, -0.15) is 0 Å². The van der Waals surface area contributed by atoms with Gasteiger partial charge in [-0.3, -0.25) is 9.59 Å². The lowest BCUT2D eigenvalue weighted by Gasteiger charge is -2.32. The van der Waals surface area contributed by atoms with E-state index in [0.29, 0.717) is 25.9 Å². The highest BCUT2D eigenvalue weighted by atomic mass is 16.2. The summed E-state index contributed by atoms with van der Waals surface area (Å²) < 4.78 is 0. The van der Waals surface area contributed by atoms with Gasteiger partial charge in [-0.05, 0) is 36.5 Å². The first-order valence-electron chi connectivity index (χ1n) is 12.3. The van der Waals surface area contributed by atoms with E-state index in [-0.39, 0.29) is 17.7 Å². The van der Waals surface area contributed by atoms with Gasteiger partial charge in [0.15, 0.2) is 0 Å². The molecular formula is C30H36N2O2. The number of hydrogen-bond donors (Lipinski definition) is 1. The molecule has 0 aromatic heterocycles. The van der Waals surface area contributed by atoms with Crippen LogP contribution in [0.25, 0.3) is 0 Å². The average molecular weight is 457 g/mol. The highest BCUT2D eigenvalue weighted by Crippen LogP contribution is 2.29. The number of carbonyl (C=O) groups excluding carboxylic acids is 2. The van der Waals surface area contributed by atoms with Gasteiger partial charge in [0.05, 0.1) is 0 Å². The van der Waals surface area contributed by atoms with Crippen molar-refractivity contribution in [2.75, 3.05) is 6.54 Å². The largest absolute Gasteiger partial charge is 0.354 e. The van der Waals surface area contributed by atoms with Crippen LogP contribution >= 0.6 is 0 Å². The molecular weight excluding hydrogens is 420 g/mol. The van der Waals surface area contributed by atoms with Gasteiger partial charge < -0.3 is 10.2 Å². The van der Waals surface area contributed by atoms with Gasteiger partial charge in [-0.1, -0.05) is 104 Å². The van der Waals surface area contributed by atoms with E-state index in [9.17, 15) is 9.59 Å². The fourth-order valence-electron chi connectivity index (χ4n) is 4.38. The number of nitrogens with one attached hydrogen (secondary N) is 1. The molecule has 1 N–H and O–H groups in total. The van der Waals surface area contributed by atoms with Crippen molar-refractivity contribution < 1.29 is 9.59 Å². The lowest BCUT2D eigenvalue weighted by molar-refractivity contribution is -0.141. The molecule has 0 heterocycles. The molecule has 0 aliphatic rings. The van der Waals surface area contributed by atoms with E-state index in [1.165, 1.54) is 0 Å². The fourth-order valence-corrected chi connectivity index (χ4v) is 4.38. The van der Waals surface area contributed by atoms with Gasteiger partial charge in [0.25, 0.3) is 0 Å². The van der Waals surface area contributed by atoms with E-state index in [1.807, 2.05) is 75.4 Å². The summed E-state index contributed by atoms with van der Waals surface area (Å²) in [4.78, 5) is 28.7. The third kappa shape index (κ3) is 6.80. The SMILES string of the molecule is CCCNC(=O)C(CC)N(Cc1cccc(C)c1)C(=O)CC(c1ccccc1)c1ccccc1. The molecule has 0 fully saturated rings. The molecule has 4 heteroatoms. The van der Waals surface area contributed by atoms with Crippen LogP contribution in [0.3, 0.4) is 0 Å². The zero-order chi connectivity index (χ0) is 24.3. The first-order valence-corrected chi connectivity index (χ1v) is 12.3. The highest BCUT2D eigenvalue weighted by Gasteiger charge is 2.30. The van der Waals surface area contributed by atoms with E-state index in [4.69, 9.17) is 0 Å². The van der Waals surface area contributed by atoms with E-state index in [0.717, 1.165) is 28.7 Å². The molecule has 34 heavy (non-hydrogen) atoms. The Morgan fingerprint density at radius 1 is 0.853 bits per heavy atom. The van der Waals surface area contributed by atoms with Gasteiger partial charge in [-0.25, -0.2) is 0 Å². The first-order chi connectivity index (χ1) is 16.5. The molecule has 0 radical (unpaired) electrons. The molecule has 3 aromatic rings. The Kier molecular flexibility index (Phi) is 9.45. The van der Waals surface area contributed by atoms with Crippen LogP contribution in [0, 0.1) is 6.92 Å². The summed E-state index contributed by atoms with van der Waals surface area (Å²) in [5.74, 6) is -0.176. The van der Waals surface area contributed by atoms with Crippen molar-refractivity contribution in [2.45, 2.75) is 58.5 Å². The van der Waals surface area contributed by atoms with Crippen LogP contribution in [0.1, 0.15) is 61.3 Å². The Bertz CT molecular complexity index is 1010. The molecule has 0 saturated heterocycles. The van der Waals surface area contributed by atoms with Crippen LogP contribution in [0.4, 0.5) is 0 Å². The van der Waals surface area contributed by atoms with E-state index >= 15 is 0 Å². The van der Waals surface area contributed by atoms with Crippen LogP contribution < -0.4 is 5.32 Å². The van der Waals surface area contributed by atoms with Crippen molar-refractivity contribution in [1.29, 1.82) is 0 Å². The summed E-state index contributed by atoms with van der Waals surface area (Å²) >= 11 is 0. The van der Waals surface area contributed by atoms with Crippen molar-refractivity contribution in [3.8, 4) is 0 Å². The number of carbonyl (C=O) groups is 2. The van der Waals surface area contributed by atoms with Crippen LogP contribution in [-0.2, 0) is 16.1 Å². The summed E-state index contributed by atoms with van der Waals surface area (Å²) in [5.41, 5.74) is 4.37. The third-order valence-corrected chi connectivity index (χ3v) is 6.15. The molecule has 1 atom stereocenters. The van der Waals surface area contributed by atoms with Crippen molar-refractivity contribution in [1.82, 2.24) is 10.2 Å². The Morgan fingerprint density at radius 3 is 2.00 bits per heavy atom. The fraction of sp³-hybridized carbons (Fsp3) is 0.333. The Balaban J connectivity index is 1.94. The maximum absolute atomic E-state index is 13.9. The van der Waals surface area contributed by atoms with Gasteiger partial charge in [0.1, 0.15) is 6.04 Å². The Morgan fingerprint density at radius 2 is 1.47 bits per heavy atom. The lowest BCUT2D eigenvalue weighted by Crippen LogP contribution is -2.49. The topological polar surface area (TPSA) is 49.4 Å². The molecule has 0 spiro atoms. The normalized spacial score (nSPS) is 11.8. The standard InChI is InChI=1S/C30H36N2O2/c1-4-19-31-30(34)28(5-2)32(22-24-14-12-13-23(3)20-24)29(33)21-27(25-15-8-6-9-16-25)26-17-10-7-11-18-26/h6-18,20,27-28H,4-5,19,21-22H2,1-3H3,(H,31,34). The zero-order valence-corrected chi connectivity index (χ0v) is 20.5. The summed E-state index contributed by atoms with van der Waals surface area (Å²) in [7, 11) is 0. The number of rotatable bonds is 11. The van der Waals surface area contributed by atoms with Crippen LogP contribution in [-0.4, -0.2) is 29.3 Å². The lowest BCUT2D eigenvalue weighted by atomic mass is 9.88. The monoisotopic (exact) mass is 456 g/mol. The van der Waals surface area contributed by atoms with E-state index < -0.39 is 6.04 Å². The average Bonchev–Trinajstić information content (AvgIpc) is 2.86. The molecule has 2 amide bonds. The maximum atomic E-state index is 13.9. The summed E-state index contributed by atoms with van der Waals surface area (Å²) in [6.45, 7) is 7.06. The minimum atomic E-state index is -0.508. The maximum Gasteiger partial charge on any atom is 0.242 e. The van der Waals surface area contributed by atoms with Crippen molar-refractivity contribution in [2.24, 2.45) is 0 Å². The number of nitrogens with zero attached hydrogens (tertiary/aromatic N) is 1. The minimum Gasteiger partial charge on any atom is -0.354 e. The molecule has 1 unspecified atom stereocenters. The molecule has 0 aliphatic carbocycles. The number of benzene rings is 3. The summed E-state index contributed by atoms with van der Waals surface area (Å²) in [6, 6.07) is 27.9. The van der Waals surface area contributed by atoms with Crippen LogP contribution in [0.2, 0.25) is 0 Å². The van der Waals surface area contributed by atoms with Crippen molar-refractivity contribution in [3.05, 3.63) is 107 Å². The van der Waals surface area contributed by atoms with Crippen molar-refractivity contribution in [3.63, 3.8) is 0 Å². The van der Waals surface area contributed by atoms with Gasteiger partial charge in [0, 0.05) is 25.4 Å². The Labute approximate surface area is 204 Å². The smallest absolute Gasteiger partial charge is 0.242 e. The second-order valence-corrected chi connectivity index (χ2v) is 8.80. The summed E-state index contributed by atoms with van der Waals surface area (Å²) in [6.07, 6.45) is 1.73. The Hall–Kier alpha value is -3.40. The predicted octanol–water partition coefficient (Wildman–Crippen LogP) is 5.85. The molecule has 0 bridgehead atoms. The van der Waals surface area contributed by atoms with Gasteiger partial charge >= 0.3 is 0 Å². The van der Waals surface area contributed by atoms with E-state index in [1.54, 1.807) is 4.90 Å². The third-order valence-electron chi connectivity index (χ3n) is 6.15. The second-order valence-electron chi connectivity index (χ2n) is 8.80. The first kappa shape index (κ1) is 25.2. The second kappa shape index (κ2) is 12.7. The quantitative estimate of drug-likeness (QED) is 0.393. The van der Waals surface area contributed by atoms with Crippen LogP contribution in [0.5, 0.6) is 0 Å². The molecule has 4 nitrogen and oxygen atoms in total. The molecule has 0 saturated carbocycles. The molecule has 0 aliphatic heterocycles. The molecule has 3 rings (SSSR count).